The van der Waals surface area contributed by atoms with Crippen LogP contribution < -0.4 is 15.4 Å². The molecule has 0 aliphatic carbocycles. The van der Waals surface area contributed by atoms with Gasteiger partial charge in [0.1, 0.15) is 34.2 Å². The van der Waals surface area contributed by atoms with E-state index in [-0.39, 0.29) is 36.0 Å². The summed E-state index contributed by atoms with van der Waals surface area (Å²) in [5.41, 5.74) is -0.171. The number of amides is 1. The minimum Gasteiger partial charge on any atom is -0.485 e. The van der Waals surface area contributed by atoms with Crippen molar-refractivity contribution in [2.24, 2.45) is 0 Å². The fraction of sp³-hybridized carbons (Fsp3) is 0.417. The number of carbonyl (C=O) groups is 2. The molecule has 35 heavy (non-hydrogen) atoms. The number of aromatic nitrogens is 3. The lowest BCUT2D eigenvalue weighted by atomic mass is 9.96. The molecule has 0 saturated carbocycles. The molecular formula is C24H28FN5O5. The van der Waals surface area contributed by atoms with E-state index in [9.17, 15) is 19.1 Å². The van der Waals surface area contributed by atoms with Gasteiger partial charge in [-0.15, -0.1) is 0 Å². The van der Waals surface area contributed by atoms with Gasteiger partial charge in [0.15, 0.2) is 5.65 Å². The van der Waals surface area contributed by atoms with E-state index in [0.29, 0.717) is 22.7 Å². The third-order valence-corrected chi connectivity index (χ3v) is 5.57. The molecule has 11 heteroatoms. The Kier molecular flexibility index (Phi) is 6.04. The van der Waals surface area contributed by atoms with Crippen molar-refractivity contribution in [3.63, 3.8) is 0 Å². The zero-order valence-electron chi connectivity index (χ0n) is 20.2. The summed E-state index contributed by atoms with van der Waals surface area (Å²) in [5, 5.41) is 19.2. The Morgan fingerprint density at radius 2 is 2.09 bits per heavy atom. The maximum absolute atomic E-state index is 14.7. The Bertz CT molecular complexity index is 1300. The first-order valence-electron chi connectivity index (χ1n) is 11.2. The molecule has 0 spiro atoms. The quantitative estimate of drug-likeness (QED) is 0.479. The second kappa shape index (κ2) is 8.71. The Morgan fingerprint density at radius 3 is 2.77 bits per heavy atom. The number of nitrogens with zero attached hydrogens (tertiary/aromatic N) is 3. The van der Waals surface area contributed by atoms with Crippen molar-refractivity contribution in [2.45, 2.75) is 58.3 Å². The normalized spacial score (nSPS) is 18.0. The number of hydrogen-bond donors (Lipinski definition) is 3. The summed E-state index contributed by atoms with van der Waals surface area (Å²) < 4.78 is 27.5. The van der Waals surface area contributed by atoms with Gasteiger partial charge in [0.2, 0.25) is 0 Å². The summed E-state index contributed by atoms with van der Waals surface area (Å²) in [5.74, 6) is -0.669. The largest absolute Gasteiger partial charge is 0.485 e. The van der Waals surface area contributed by atoms with E-state index in [4.69, 9.17) is 9.47 Å². The molecule has 1 aromatic carbocycles. The topological polar surface area (TPSA) is 127 Å². The number of nitrogens with one attached hydrogen (secondary N) is 2. The molecular weight excluding hydrogens is 457 g/mol. The van der Waals surface area contributed by atoms with E-state index < -0.39 is 23.3 Å². The van der Waals surface area contributed by atoms with Crippen molar-refractivity contribution in [3.8, 4) is 5.75 Å². The van der Waals surface area contributed by atoms with Crippen molar-refractivity contribution in [3.05, 3.63) is 53.1 Å². The van der Waals surface area contributed by atoms with Gasteiger partial charge in [0.05, 0.1) is 18.8 Å². The lowest BCUT2D eigenvalue weighted by Gasteiger charge is -2.27. The Morgan fingerprint density at radius 1 is 1.34 bits per heavy atom. The third kappa shape index (κ3) is 5.13. The number of ether oxygens (including phenoxy) is 2. The van der Waals surface area contributed by atoms with Crippen LogP contribution in [0.5, 0.6) is 5.75 Å². The number of anilines is 1. The van der Waals surface area contributed by atoms with Gasteiger partial charge in [-0.05, 0) is 46.8 Å². The average Bonchev–Trinajstić information content (AvgIpc) is 3.33. The molecule has 1 aliphatic rings. The van der Waals surface area contributed by atoms with E-state index in [2.05, 4.69) is 20.7 Å². The van der Waals surface area contributed by atoms with Gasteiger partial charge < -0.3 is 25.2 Å². The van der Waals surface area contributed by atoms with Gasteiger partial charge in [-0.25, -0.2) is 23.5 Å². The number of rotatable bonds is 6. The van der Waals surface area contributed by atoms with Gasteiger partial charge in [-0.3, -0.25) is 0 Å². The summed E-state index contributed by atoms with van der Waals surface area (Å²) in [4.78, 5) is 27.9. The number of carbonyl (C=O) groups excluding carboxylic acids is 1. The van der Waals surface area contributed by atoms with Crippen LogP contribution in [0.4, 0.5) is 15.0 Å². The van der Waals surface area contributed by atoms with Crippen molar-refractivity contribution in [2.75, 3.05) is 11.9 Å². The summed E-state index contributed by atoms with van der Waals surface area (Å²) >= 11 is 0. The highest BCUT2D eigenvalue weighted by atomic mass is 19.1. The van der Waals surface area contributed by atoms with Crippen LogP contribution in [0.2, 0.25) is 0 Å². The number of halogens is 1. The molecule has 3 N–H and O–H groups in total. The fourth-order valence-electron chi connectivity index (χ4n) is 3.98. The van der Waals surface area contributed by atoms with E-state index in [0.717, 1.165) is 0 Å². The number of hydrogen-bond acceptors (Lipinski definition) is 7. The minimum absolute atomic E-state index is 0.0134. The van der Waals surface area contributed by atoms with Crippen LogP contribution in [0.1, 0.15) is 62.1 Å². The first kappa shape index (κ1) is 24.2. The Hall–Kier alpha value is -3.89. The average molecular weight is 486 g/mol. The van der Waals surface area contributed by atoms with E-state index >= 15 is 0 Å². The van der Waals surface area contributed by atoms with Gasteiger partial charge >= 0.3 is 12.1 Å². The highest BCUT2D eigenvalue weighted by Gasteiger charge is 2.39. The first-order valence-corrected chi connectivity index (χ1v) is 11.2. The van der Waals surface area contributed by atoms with E-state index in [1.165, 1.54) is 16.8 Å². The zero-order valence-corrected chi connectivity index (χ0v) is 20.2. The second-order valence-corrected chi connectivity index (χ2v) is 9.84. The molecule has 1 aliphatic heterocycles. The third-order valence-electron chi connectivity index (χ3n) is 5.57. The lowest BCUT2D eigenvalue weighted by molar-refractivity contribution is 0.0447. The van der Waals surface area contributed by atoms with Crippen LogP contribution in [0.3, 0.4) is 0 Å². The molecule has 0 saturated heterocycles. The predicted molar refractivity (Wildman–Crippen MR) is 125 cm³/mol. The zero-order chi connectivity index (χ0) is 25.5. The monoisotopic (exact) mass is 485 g/mol. The Balaban J connectivity index is 1.53. The molecule has 2 aromatic heterocycles. The molecule has 2 unspecified atom stereocenters. The number of carboxylic acid groups (broad SMARTS) is 1. The van der Waals surface area contributed by atoms with Crippen LogP contribution in [0.25, 0.3) is 5.65 Å². The maximum Gasteiger partial charge on any atom is 0.407 e. The van der Waals surface area contributed by atoms with Crippen molar-refractivity contribution < 1.29 is 28.6 Å². The molecule has 3 aromatic rings. The highest BCUT2D eigenvalue weighted by molar-refractivity contribution is 5.94. The SMILES string of the molecule is CC(Nc1ccn2ncc(C(=O)O)c2n1)c1ccc(F)c2c1OC(C)(CNC(=O)OC(C)(C)C)C2. The molecule has 0 fully saturated rings. The number of aromatic carboxylic acids is 1. The number of carboxylic acids is 1. The standard InChI is InChI=1S/C24H28FN5O5/c1-13(28-18-8-9-30-20(29-18)16(11-27-30)21(31)32)14-6-7-17(25)15-10-24(5,34-19(14)15)12-26-22(33)35-23(2,3)4/h6-9,11,13H,10,12H2,1-5H3,(H,26,33)(H,28,29)(H,31,32). The molecule has 186 valence electrons. The molecule has 3 heterocycles. The predicted octanol–water partition coefficient (Wildman–Crippen LogP) is 3.96. The fourth-order valence-corrected chi connectivity index (χ4v) is 3.98. The highest BCUT2D eigenvalue weighted by Crippen LogP contribution is 2.42. The maximum atomic E-state index is 14.7. The van der Waals surface area contributed by atoms with Crippen LogP contribution in [-0.4, -0.2) is 49.5 Å². The minimum atomic E-state index is -1.12. The lowest BCUT2D eigenvalue weighted by Crippen LogP contribution is -2.45. The Labute approximate surface area is 201 Å². The van der Waals surface area contributed by atoms with Gasteiger partial charge in [-0.2, -0.15) is 5.10 Å². The van der Waals surface area contributed by atoms with Crippen molar-refractivity contribution in [1.29, 1.82) is 0 Å². The molecule has 0 radical (unpaired) electrons. The van der Waals surface area contributed by atoms with E-state index in [1.807, 2.05) is 6.92 Å². The van der Waals surface area contributed by atoms with Crippen LogP contribution in [0.15, 0.2) is 30.6 Å². The van der Waals surface area contributed by atoms with Crippen LogP contribution in [-0.2, 0) is 11.2 Å². The van der Waals surface area contributed by atoms with Crippen LogP contribution >= 0.6 is 0 Å². The number of alkyl carbamates (subject to hydrolysis) is 1. The van der Waals surface area contributed by atoms with Gasteiger partial charge in [-0.1, -0.05) is 6.07 Å². The van der Waals surface area contributed by atoms with E-state index in [1.54, 1.807) is 46.0 Å². The molecule has 2 atom stereocenters. The number of benzene rings is 1. The number of fused-ring (bicyclic) bond motifs is 2. The molecule has 1 amide bonds. The molecule has 0 bridgehead atoms. The molecule has 4 rings (SSSR count). The first-order chi connectivity index (χ1) is 16.3. The van der Waals surface area contributed by atoms with Crippen molar-refractivity contribution >= 4 is 23.5 Å². The summed E-state index contributed by atoms with van der Waals surface area (Å²) in [6.07, 6.45) is 2.54. The summed E-state index contributed by atoms with van der Waals surface area (Å²) in [6, 6.07) is 4.34. The van der Waals surface area contributed by atoms with Gasteiger partial charge in [0.25, 0.3) is 0 Å². The summed E-state index contributed by atoms with van der Waals surface area (Å²) in [6.45, 7) is 9.12. The van der Waals surface area contributed by atoms with Crippen molar-refractivity contribution in [1.82, 2.24) is 19.9 Å². The smallest absolute Gasteiger partial charge is 0.407 e. The second-order valence-electron chi connectivity index (χ2n) is 9.84. The summed E-state index contributed by atoms with van der Waals surface area (Å²) in [7, 11) is 0. The molecule has 10 nitrogen and oxygen atoms in total. The van der Waals surface area contributed by atoms with Gasteiger partial charge in [0, 0.05) is 23.7 Å². The van der Waals surface area contributed by atoms with Crippen LogP contribution in [0, 0.1) is 5.82 Å².